The van der Waals surface area contributed by atoms with Crippen LogP contribution in [0.2, 0.25) is 0 Å². The van der Waals surface area contributed by atoms with Gasteiger partial charge in [-0.05, 0) is 48.8 Å². The SMILES string of the molecule is Cc1ccc2c(c1)n(CC1CCCCC1)c(=O)n2C(=O)N[C@H](C(N)=O)C(C)(C)C. The summed E-state index contributed by atoms with van der Waals surface area (Å²) < 4.78 is 2.85. The summed E-state index contributed by atoms with van der Waals surface area (Å²) in [6.07, 6.45) is 5.82. The lowest BCUT2D eigenvalue weighted by Crippen LogP contribution is -2.54. The molecule has 2 amide bonds. The summed E-state index contributed by atoms with van der Waals surface area (Å²) in [4.78, 5) is 38.2. The van der Waals surface area contributed by atoms with Crippen LogP contribution in [0.4, 0.5) is 4.79 Å². The molecule has 1 fully saturated rings. The van der Waals surface area contributed by atoms with Crippen LogP contribution in [0.3, 0.4) is 0 Å². The molecule has 1 atom stereocenters. The number of fused-ring (bicyclic) bond motifs is 1. The minimum atomic E-state index is -0.885. The van der Waals surface area contributed by atoms with E-state index in [4.69, 9.17) is 5.73 Å². The molecule has 1 aliphatic carbocycles. The van der Waals surface area contributed by atoms with Crippen molar-refractivity contribution in [1.29, 1.82) is 0 Å². The second kappa shape index (κ2) is 8.05. The van der Waals surface area contributed by atoms with E-state index in [9.17, 15) is 14.4 Å². The van der Waals surface area contributed by atoms with Crippen molar-refractivity contribution in [3.05, 3.63) is 34.2 Å². The first-order valence-electron chi connectivity index (χ1n) is 10.4. The van der Waals surface area contributed by atoms with Gasteiger partial charge in [0.1, 0.15) is 6.04 Å². The molecule has 1 aliphatic rings. The molecular weight excluding hydrogens is 368 g/mol. The number of aromatic nitrogens is 2. The van der Waals surface area contributed by atoms with Crippen LogP contribution in [0.1, 0.15) is 58.4 Å². The maximum Gasteiger partial charge on any atom is 0.337 e. The summed E-state index contributed by atoms with van der Waals surface area (Å²) in [6.45, 7) is 8.04. The van der Waals surface area contributed by atoms with Gasteiger partial charge in [0.2, 0.25) is 5.91 Å². The Morgan fingerprint density at radius 2 is 1.83 bits per heavy atom. The third kappa shape index (κ3) is 4.38. The minimum Gasteiger partial charge on any atom is -0.368 e. The predicted molar refractivity (Wildman–Crippen MR) is 114 cm³/mol. The van der Waals surface area contributed by atoms with Gasteiger partial charge < -0.3 is 11.1 Å². The molecule has 0 bridgehead atoms. The number of hydrogen-bond acceptors (Lipinski definition) is 3. The Labute approximate surface area is 171 Å². The molecule has 1 saturated carbocycles. The number of carbonyl (C=O) groups is 2. The minimum absolute atomic E-state index is 0.370. The topological polar surface area (TPSA) is 99.1 Å². The summed E-state index contributed by atoms with van der Waals surface area (Å²) in [6, 6.07) is 4.11. The Morgan fingerprint density at radius 1 is 1.17 bits per heavy atom. The Kier molecular flexibility index (Phi) is 5.87. The van der Waals surface area contributed by atoms with Crippen molar-refractivity contribution < 1.29 is 9.59 Å². The van der Waals surface area contributed by atoms with Gasteiger partial charge >= 0.3 is 11.7 Å². The number of nitrogens with two attached hydrogens (primary N) is 1. The van der Waals surface area contributed by atoms with Gasteiger partial charge in [0, 0.05) is 6.54 Å². The van der Waals surface area contributed by atoms with Gasteiger partial charge in [0.15, 0.2) is 0 Å². The Balaban J connectivity index is 2.03. The number of primary amides is 1. The lowest BCUT2D eigenvalue weighted by Gasteiger charge is -2.28. The van der Waals surface area contributed by atoms with Crippen LogP contribution in [-0.2, 0) is 11.3 Å². The Hall–Kier alpha value is -2.57. The van der Waals surface area contributed by atoms with E-state index in [2.05, 4.69) is 5.32 Å². The molecule has 7 heteroatoms. The first-order chi connectivity index (χ1) is 13.6. The predicted octanol–water partition coefficient (Wildman–Crippen LogP) is 3.15. The summed E-state index contributed by atoms with van der Waals surface area (Å²) in [5.74, 6) is -0.183. The highest BCUT2D eigenvalue weighted by Gasteiger charge is 2.32. The first kappa shape index (κ1) is 21.1. The van der Waals surface area contributed by atoms with Crippen molar-refractivity contribution in [2.24, 2.45) is 17.1 Å². The van der Waals surface area contributed by atoms with Gasteiger partial charge in [-0.25, -0.2) is 14.2 Å². The highest BCUT2D eigenvalue weighted by atomic mass is 16.2. The number of aryl methyl sites for hydroxylation is 1. The second-order valence-corrected chi connectivity index (χ2v) is 9.38. The van der Waals surface area contributed by atoms with Crippen LogP contribution in [0.15, 0.2) is 23.0 Å². The normalized spacial score (nSPS) is 16.7. The van der Waals surface area contributed by atoms with Crippen molar-refractivity contribution in [2.75, 3.05) is 0 Å². The molecule has 0 saturated heterocycles. The van der Waals surface area contributed by atoms with Crippen molar-refractivity contribution in [1.82, 2.24) is 14.5 Å². The maximum absolute atomic E-state index is 13.3. The molecule has 0 aliphatic heterocycles. The van der Waals surface area contributed by atoms with Gasteiger partial charge in [-0.3, -0.25) is 9.36 Å². The largest absolute Gasteiger partial charge is 0.368 e. The van der Waals surface area contributed by atoms with Crippen LogP contribution in [0.25, 0.3) is 11.0 Å². The highest BCUT2D eigenvalue weighted by molar-refractivity contribution is 5.93. The molecule has 1 aromatic carbocycles. The van der Waals surface area contributed by atoms with Crippen LogP contribution in [0.5, 0.6) is 0 Å². The molecular formula is C22H32N4O3. The smallest absolute Gasteiger partial charge is 0.337 e. The third-order valence-corrected chi connectivity index (χ3v) is 5.87. The zero-order chi connectivity index (χ0) is 21.3. The molecule has 3 N–H and O–H groups in total. The highest BCUT2D eigenvalue weighted by Crippen LogP contribution is 2.26. The zero-order valence-electron chi connectivity index (χ0n) is 17.8. The van der Waals surface area contributed by atoms with Crippen LogP contribution in [-0.4, -0.2) is 27.1 Å². The molecule has 0 unspecified atom stereocenters. The summed E-state index contributed by atoms with van der Waals surface area (Å²) in [5.41, 5.74) is 6.89. The summed E-state index contributed by atoms with van der Waals surface area (Å²) >= 11 is 0. The van der Waals surface area contributed by atoms with Crippen molar-refractivity contribution in [3.63, 3.8) is 0 Å². The molecule has 0 spiro atoms. The summed E-state index contributed by atoms with van der Waals surface area (Å²) in [7, 11) is 0. The molecule has 158 valence electrons. The number of carbonyl (C=O) groups excluding carboxylic acids is 2. The Bertz CT molecular complexity index is 974. The standard InChI is InChI=1S/C22H32N4O3/c1-14-10-11-16-17(12-14)25(13-15-8-6-5-7-9-15)21(29)26(16)20(28)24-18(19(23)27)22(2,3)4/h10-12,15,18H,5-9,13H2,1-4H3,(H2,23,27)(H,24,28)/t18-/m1/s1. The van der Waals surface area contributed by atoms with Crippen LogP contribution >= 0.6 is 0 Å². The fourth-order valence-corrected chi connectivity index (χ4v) is 4.27. The average Bonchev–Trinajstić information content (AvgIpc) is 2.90. The molecule has 2 aromatic rings. The van der Waals surface area contributed by atoms with Crippen LogP contribution < -0.4 is 16.7 Å². The number of benzene rings is 1. The molecule has 1 heterocycles. The summed E-state index contributed by atoms with van der Waals surface area (Å²) in [5, 5.41) is 2.67. The first-order valence-corrected chi connectivity index (χ1v) is 10.4. The number of nitrogens with one attached hydrogen (secondary N) is 1. The maximum atomic E-state index is 13.3. The van der Waals surface area contributed by atoms with Gasteiger partial charge in [0.25, 0.3) is 0 Å². The number of amides is 2. The fraction of sp³-hybridized carbons (Fsp3) is 0.591. The lowest BCUT2D eigenvalue weighted by molar-refractivity contribution is -0.122. The number of hydrogen-bond donors (Lipinski definition) is 2. The molecule has 3 rings (SSSR count). The molecule has 7 nitrogen and oxygen atoms in total. The number of imidazole rings is 1. The van der Waals surface area contributed by atoms with E-state index in [-0.39, 0.29) is 5.69 Å². The van der Waals surface area contributed by atoms with E-state index < -0.39 is 23.4 Å². The molecule has 0 radical (unpaired) electrons. The zero-order valence-corrected chi connectivity index (χ0v) is 17.8. The van der Waals surface area contributed by atoms with Gasteiger partial charge in [-0.1, -0.05) is 46.1 Å². The van der Waals surface area contributed by atoms with E-state index in [1.807, 2.05) is 39.8 Å². The lowest BCUT2D eigenvalue weighted by atomic mass is 9.86. The van der Waals surface area contributed by atoms with E-state index in [0.717, 1.165) is 28.5 Å². The average molecular weight is 401 g/mol. The Morgan fingerprint density at radius 3 is 2.41 bits per heavy atom. The third-order valence-electron chi connectivity index (χ3n) is 5.87. The second-order valence-electron chi connectivity index (χ2n) is 9.38. The van der Waals surface area contributed by atoms with E-state index >= 15 is 0 Å². The van der Waals surface area contributed by atoms with E-state index in [1.165, 1.54) is 19.3 Å². The van der Waals surface area contributed by atoms with Crippen molar-refractivity contribution in [2.45, 2.75) is 72.4 Å². The number of rotatable bonds is 4. The quantitative estimate of drug-likeness (QED) is 0.824. The van der Waals surface area contributed by atoms with Crippen LogP contribution in [0, 0.1) is 18.3 Å². The van der Waals surface area contributed by atoms with Gasteiger partial charge in [-0.15, -0.1) is 0 Å². The molecule has 29 heavy (non-hydrogen) atoms. The van der Waals surface area contributed by atoms with E-state index in [1.54, 1.807) is 10.6 Å². The van der Waals surface area contributed by atoms with Gasteiger partial charge in [-0.2, -0.15) is 0 Å². The number of nitrogens with zero attached hydrogens (tertiary/aromatic N) is 2. The van der Waals surface area contributed by atoms with Crippen molar-refractivity contribution >= 4 is 23.0 Å². The monoisotopic (exact) mass is 400 g/mol. The molecule has 1 aromatic heterocycles. The fourth-order valence-electron chi connectivity index (χ4n) is 4.27. The van der Waals surface area contributed by atoms with Crippen molar-refractivity contribution in [3.8, 4) is 0 Å². The van der Waals surface area contributed by atoms with Gasteiger partial charge in [0.05, 0.1) is 11.0 Å². The van der Waals surface area contributed by atoms with E-state index in [0.29, 0.717) is 18.0 Å².